The van der Waals surface area contributed by atoms with E-state index >= 15 is 0 Å². The minimum Gasteiger partial charge on any atom is -0.462 e. The summed E-state index contributed by atoms with van der Waals surface area (Å²) in [4.78, 5) is 62.0. The summed E-state index contributed by atoms with van der Waals surface area (Å²) >= 11 is 0. The Morgan fingerprint density at radius 1 is 0.658 bits per heavy atom. The van der Waals surface area contributed by atoms with Gasteiger partial charge in [0.25, 0.3) is 0 Å². The van der Waals surface area contributed by atoms with Crippen LogP contribution in [0.15, 0.2) is 102 Å². The molecule has 21 heteroatoms. The second kappa shape index (κ2) is 42.9. The van der Waals surface area contributed by atoms with Gasteiger partial charge in [-0.05, 0) is 102 Å². The Balaban J connectivity index is 1.81. The lowest BCUT2D eigenvalue weighted by Gasteiger charge is -2.21. The highest BCUT2D eigenvalue weighted by atomic mass is 31.3. The van der Waals surface area contributed by atoms with E-state index in [1.165, 1.54) is 31.7 Å². The molecule has 7 N–H and O–H groups in total. The zero-order valence-electron chi connectivity index (χ0n) is 44.7. The number of aromatic nitrogens is 2. The molecule has 430 valence electrons. The summed E-state index contributed by atoms with van der Waals surface area (Å²) in [7, 11) is -10.9. The molecule has 0 aliphatic carbocycles. The minimum absolute atomic E-state index is 0.0430. The summed E-state index contributed by atoms with van der Waals surface area (Å²) < 4.78 is 56.8. The number of aliphatic hydroxyl groups is 3. The van der Waals surface area contributed by atoms with Gasteiger partial charge >= 0.3 is 33.3 Å². The maximum Gasteiger partial charge on any atom is 0.481 e. The van der Waals surface area contributed by atoms with Crippen LogP contribution in [0, 0.1) is 0 Å². The van der Waals surface area contributed by atoms with Crippen LogP contribution in [0.25, 0.3) is 0 Å². The van der Waals surface area contributed by atoms with Crippen LogP contribution in [0.4, 0.5) is 5.82 Å². The van der Waals surface area contributed by atoms with Gasteiger partial charge in [-0.15, -0.1) is 0 Å². The number of carbonyl (C=O) groups is 2. The lowest BCUT2D eigenvalue weighted by Crippen LogP contribution is -2.36. The number of hydrogen-bond donors (Lipinski definition) is 6. The zero-order valence-corrected chi connectivity index (χ0v) is 46.5. The second-order valence-corrected chi connectivity index (χ2v) is 21.5. The molecular weight excluding hydrogens is 1020 g/mol. The Morgan fingerprint density at radius 3 is 1.67 bits per heavy atom. The van der Waals surface area contributed by atoms with E-state index in [1.54, 1.807) is 0 Å². The number of nitrogens with zero attached hydrogens (tertiary/aromatic N) is 2. The highest BCUT2D eigenvalue weighted by molar-refractivity contribution is 7.61. The van der Waals surface area contributed by atoms with Gasteiger partial charge in [-0.1, -0.05) is 143 Å². The van der Waals surface area contributed by atoms with Crippen molar-refractivity contribution in [1.29, 1.82) is 0 Å². The van der Waals surface area contributed by atoms with Crippen molar-refractivity contribution in [2.24, 2.45) is 0 Å². The number of carbonyl (C=O) groups excluding carboxylic acids is 2. The molecule has 2 heterocycles. The lowest BCUT2D eigenvalue weighted by atomic mass is 10.1. The number of esters is 2. The SMILES string of the molecule is CCCCCC/C=C\C/C=C\C/C=C\CCCCCCCCC(=O)OC[C@H](COP(=O)(O)OP(=O)(O)OC[C@H]1O[C@@H](n2ccc(N)nc2=O)[C@H](O)[C@@H]1O)OC(=O)CCC/C=C\C/C=C\C/C=C\C/C=C\CCCCCO. The molecule has 1 saturated heterocycles. The van der Waals surface area contributed by atoms with Gasteiger partial charge in [0.15, 0.2) is 12.3 Å². The minimum atomic E-state index is -5.45. The molecule has 0 bridgehead atoms. The van der Waals surface area contributed by atoms with Crippen LogP contribution in [-0.4, -0.2) is 97.4 Å². The Kier molecular flexibility index (Phi) is 38.4. The van der Waals surface area contributed by atoms with E-state index in [2.05, 4.69) is 83.1 Å². The van der Waals surface area contributed by atoms with Crippen molar-refractivity contribution in [3.8, 4) is 0 Å². The molecule has 0 spiro atoms. The Hall–Kier alpha value is -4.10. The van der Waals surface area contributed by atoms with Gasteiger partial charge in [0.2, 0.25) is 0 Å². The van der Waals surface area contributed by atoms with E-state index < -0.39 is 83.7 Å². The molecule has 1 fully saturated rings. The Labute approximate surface area is 450 Å². The number of hydrogen-bond acceptors (Lipinski definition) is 16. The van der Waals surface area contributed by atoms with Crippen LogP contribution < -0.4 is 11.4 Å². The summed E-state index contributed by atoms with van der Waals surface area (Å²) in [5, 5.41) is 29.8. The number of anilines is 1. The Morgan fingerprint density at radius 2 is 1.13 bits per heavy atom. The van der Waals surface area contributed by atoms with Gasteiger partial charge in [0.05, 0.1) is 13.2 Å². The van der Waals surface area contributed by atoms with Crippen LogP contribution >= 0.6 is 15.6 Å². The number of aliphatic hydroxyl groups excluding tert-OH is 3. The highest BCUT2D eigenvalue weighted by Gasteiger charge is 2.46. The summed E-state index contributed by atoms with van der Waals surface area (Å²) in [6.45, 7) is 0.0766. The molecule has 1 aliphatic heterocycles. The van der Waals surface area contributed by atoms with E-state index in [1.807, 2.05) is 18.2 Å². The van der Waals surface area contributed by atoms with Gasteiger partial charge in [-0.25, -0.2) is 13.9 Å². The number of nitrogens with two attached hydrogens (primary N) is 1. The first-order chi connectivity index (χ1) is 36.7. The third kappa shape index (κ3) is 34.6. The van der Waals surface area contributed by atoms with Gasteiger partial charge in [-0.2, -0.15) is 9.29 Å². The predicted molar refractivity (Wildman–Crippen MR) is 294 cm³/mol. The molecule has 1 aliphatic rings. The highest BCUT2D eigenvalue weighted by Crippen LogP contribution is 2.60. The quantitative estimate of drug-likeness (QED) is 0.0153. The molecule has 7 atom stereocenters. The van der Waals surface area contributed by atoms with Crippen molar-refractivity contribution in [1.82, 2.24) is 9.55 Å². The number of ether oxygens (including phenoxy) is 3. The van der Waals surface area contributed by atoms with Gasteiger partial charge in [0, 0.05) is 25.6 Å². The zero-order chi connectivity index (χ0) is 55.5. The van der Waals surface area contributed by atoms with E-state index in [0.717, 1.165) is 107 Å². The number of allylic oxidation sites excluding steroid dienone is 14. The number of rotatable bonds is 45. The summed E-state index contributed by atoms with van der Waals surface area (Å²) in [5.74, 6) is -1.40. The van der Waals surface area contributed by atoms with Crippen molar-refractivity contribution >= 4 is 33.4 Å². The fraction of sp³-hybridized carbons (Fsp3) is 0.636. The lowest BCUT2D eigenvalue weighted by molar-refractivity contribution is -0.161. The molecule has 0 saturated carbocycles. The van der Waals surface area contributed by atoms with Crippen molar-refractivity contribution < 1.29 is 71.4 Å². The monoisotopic (exact) mass is 1110 g/mol. The van der Waals surface area contributed by atoms with Crippen LogP contribution in [0.3, 0.4) is 0 Å². The molecule has 0 radical (unpaired) electrons. The van der Waals surface area contributed by atoms with Gasteiger partial charge < -0.3 is 45.1 Å². The third-order valence-electron chi connectivity index (χ3n) is 11.8. The average molecular weight is 1110 g/mol. The standard InChI is InChI=1S/C55H89N3O16P2/c1-2-3-4-5-6-7-8-9-10-11-12-13-15-18-21-24-27-30-33-36-39-50(60)69-44-47(72-51(61)40-37-34-31-28-25-22-19-16-14-17-20-23-26-29-32-35-38-43-59)45-70-75(65,66)74-76(67,68)71-46-48-52(62)53(63)54(73-48)58-42-41-49(56)57-55(58)64/h7-8,10-11,13-15,17,19,22-23,26,28,31,41-42,47-48,52-54,59,62-63H,2-6,9,12,16,18,20-21,24-25,27,29-30,32-40,43-46H2,1H3,(H,65,66)(H,67,68)(H2,56,57,64)/b8-7-,11-10-,15-13-,17-14-,22-19-,26-23-,31-28-/t47-,48-,52-,53-,54-/m1/s1. The number of phosphoric acid groups is 2. The van der Waals surface area contributed by atoms with E-state index in [-0.39, 0.29) is 25.3 Å². The molecule has 76 heavy (non-hydrogen) atoms. The smallest absolute Gasteiger partial charge is 0.462 e. The van der Waals surface area contributed by atoms with Gasteiger partial charge in [0.1, 0.15) is 30.7 Å². The summed E-state index contributed by atoms with van der Waals surface area (Å²) in [6.07, 6.45) is 45.3. The molecule has 0 amide bonds. The van der Waals surface area contributed by atoms with E-state index in [4.69, 9.17) is 34.1 Å². The maximum absolute atomic E-state index is 12.9. The number of phosphoric ester groups is 2. The summed E-state index contributed by atoms with van der Waals surface area (Å²) in [6, 6.07) is 1.24. The van der Waals surface area contributed by atoms with Crippen LogP contribution in [-0.2, 0) is 46.3 Å². The molecular formula is C55H89N3O16P2. The van der Waals surface area contributed by atoms with Crippen molar-refractivity contribution in [2.45, 2.75) is 198 Å². The molecule has 1 aromatic heterocycles. The largest absolute Gasteiger partial charge is 0.481 e. The first-order valence-electron chi connectivity index (χ1n) is 27.2. The maximum atomic E-state index is 12.9. The number of unbranched alkanes of at least 4 members (excludes halogenated alkanes) is 14. The van der Waals surface area contributed by atoms with Crippen LogP contribution in [0.2, 0.25) is 0 Å². The fourth-order valence-corrected chi connectivity index (χ4v) is 9.64. The van der Waals surface area contributed by atoms with Gasteiger partial charge in [-0.3, -0.25) is 23.2 Å². The van der Waals surface area contributed by atoms with Crippen molar-refractivity contribution in [3.05, 3.63) is 108 Å². The molecule has 1 aromatic rings. The predicted octanol–water partition coefficient (Wildman–Crippen LogP) is 10.8. The van der Waals surface area contributed by atoms with Crippen molar-refractivity contribution in [2.75, 3.05) is 32.2 Å². The van der Waals surface area contributed by atoms with Crippen LogP contribution in [0.1, 0.15) is 174 Å². The molecule has 0 aromatic carbocycles. The molecule has 19 nitrogen and oxygen atoms in total. The van der Waals surface area contributed by atoms with E-state index in [0.29, 0.717) is 25.7 Å². The average Bonchev–Trinajstić information content (AvgIpc) is 3.67. The first-order valence-corrected chi connectivity index (χ1v) is 30.2. The second-order valence-electron chi connectivity index (χ2n) is 18.4. The molecule has 2 rings (SSSR count). The molecule has 2 unspecified atom stereocenters. The van der Waals surface area contributed by atoms with Crippen molar-refractivity contribution in [3.63, 3.8) is 0 Å². The normalized spacial score (nSPS) is 19.3. The first kappa shape index (κ1) is 68.0. The fourth-order valence-electron chi connectivity index (χ4n) is 7.53. The number of nitrogen functional groups attached to an aromatic ring is 1. The van der Waals surface area contributed by atoms with Crippen LogP contribution in [0.5, 0.6) is 0 Å². The topological polar surface area (TPSA) is 286 Å². The van der Waals surface area contributed by atoms with E-state index in [9.17, 15) is 43.5 Å². The summed E-state index contributed by atoms with van der Waals surface area (Å²) in [5.41, 5.74) is 4.58. The Bertz CT molecular complexity index is 2110. The third-order valence-corrected chi connectivity index (χ3v) is 14.4.